The normalized spacial score (nSPS) is 9.57. The second-order valence-corrected chi connectivity index (χ2v) is 2.87. The number of aliphatic hydroxyl groups is 2. The van der Waals surface area contributed by atoms with Crippen molar-refractivity contribution >= 4 is 0 Å². The number of hydrogen-bond donors (Lipinski definition) is 0. The van der Waals surface area contributed by atoms with Gasteiger partial charge in [-0.3, -0.25) is 0 Å². The predicted octanol–water partition coefficient (Wildman–Crippen LogP) is 2.18. The average molecular weight is 197 g/mol. The van der Waals surface area contributed by atoms with Crippen molar-refractivity contribution in [3.8, 4) is 5.75 Å². The molecule has 0 aliphatic heterocycles. The fourth-order valence-corrected chi connectivity index (χ4v) is 1.02. The lowest BCUT2D eigenvalue weighted by Crippen LogP contribution is -2.07. The smallest absolute Gasteiger partial charge is 0.209 e. The molecule has 0 saturated heterocycles. The molecule has 0 radical (unpaired) electrons. The first-order chi connectivity index (χ1) is 6.74. The van der Waals surface area contributed by atoms with Gasteiger partial charge in [0.05, 0.1) is 0 Å². The lowest BCUT2D eigenvalue weighted by molar-refractivity contribution is 0.0383. The zero-order valence-electron chi connectivity index (χ0n) is 8.16. The first-order valence-corrected chi connectivity index (χ1v) is 4.40. The largest absolute Gasteiger partial charge is 0.586 e. The quantitative estimate of drug-likeness (QED) is 0.403. The van der Waals surface area contributed by atoms with Gasteiger partial charge in [0.1, 0.15) is 0 Å². The van der Waals surface area contributed by atoms with E-state index in [1.807, 2.05) is 13.0 Å². The van der Waals surface area contributed by atoms with Gasteiger partial charge in [-0.1, -0.05) is 6.07 Å². The SMILES string of the molecule is C=C[OH+]CCOc1ccc(C)cc1F. The first-order valence-electron chi connectivity index (χ1n) is 4.40. The minimum Gasteiger partial charge on any atom is -0.586 e. The lowest BCUT2D eigenvalue weighted by Gasteiger charge is -2.06. The highest BCUT2D eigenvalue weighted by Crippen LogP contribution is 2.17. The Morgan fingerprint density at radius 2 is 2.36 bits per heavy atom. The van der Waals surface area contributed by atoms with Crippen LogP contribution in [0.25, 0.3) is 0 Å². The lowest BCUT2D eigenvalue weighted by atomic mass is 10.2. The maximum absolute atomic E-state index is 13.2. The van der Waals surface area contributed by atoms with E-state index in [1.165, 1.54) is 12.3 Å². The van der Waals surface area contributed by atoms with Gasteiger partial charge in [-0.15, -0.1) is 0 Å². The van der Waals surface area contributed by atoms with E-state index in [0.29, 0.717) is 13.2 Å². The van der Waals surface area contributed by atoms with Crippen molar-refractivity contribution in [2.75, 3.05) is 13.2 Å². The second kappa shape index (κ2) is 5.27. The molecular formula is C11H14FO2+. The molecule has 1 aromatic carbocycles. The van der Waals surface area contributed by atoms with Gasteiger partial charge in [-0.25, -0.2) is 4.39 Å². The van der Waals surface area contributed by atoms with Crippen molar-refractivity contribution in [3.05, 3.63) is 42.4 Å². The number of rotatable bonds is 5. The highest BCUT2D eigenvalue weighted by molar-refractivity contribution is 5.28. The van der Waals surface area contributed by atoms with Gasteiger partial charge < -0.3 is 9.47 Å². The van der Waals surface area contributed by atoms with Crippen LogP contribution >= 0.6 is 0 Å². The van der Waals surface area contributed by atoms with Gasteiger partial charge in [0.15, 0.2) is 18.2 Å². The number of halogens is 1. The molecule has 3 heteroatoms. The van der Waals surface area contributed by atoms with Crippen LogP contribution in [0, 0.1) is 12.7 Å². The number of hydrogen-bond acceptors (Lipinski definition) is 1. The summed E-state index contributed by atoms with van der Waals surface area (Å²) >= 11 is 0. The third-order valence-electron chi connectivity index (χ3n) is 1.69. The fourth-order valence-electron chi connectivity index (χ4n) is 1.02. The van der Waals surface area contributed by atoms with Crippen molar-refractivity contribution in [1.29, 1.82) is 0 Å². The standard InChI is InChI=1S/C11H13FO2/c1-3-13-6-7-14-11-5-4-9(2)8-10(11)12/h3-5,8H,1,6-7H2,2H3/p+1. The summed E-state index contributed by atoms with van der Waals surface area (Å²) in [5.74, 6) is -0.0570. The summed E-state index contributed by atoms with van der Waals surface area (Å²) in [5.41, 5.74) is 0.880. The third kappa shape index (κ3) is 3.09. The van der Waals surface area contributed by atoms with E-state index in [2.05, 4.69) is 11.3 Å². The van der Waals surface area contributed by atoms with Crippen LogP contribution in [0.5, 0.6) is 5.75 Å². The van der Waals surface area contributed by atoms with Crippen molar-refractivity contribution in [1.82, 2.24) is 0 Å². The van der Waals surface area contributed by atoms with Gasteiger partial charge in [0.25, 0.3) is 0 Å². The summed E-state index contributed by atoms with van der Waals surface area (Å²) < 4.78 is 22.2. The van der Waals surface area contributed by atoms with E-state index < -0.39 is 0 Å². The van der Waals surface area contributed by atoms with Gasteiger partial charge in [0.2, 0.25) is 12.9 Å². The molecule has 0 heterocycles. The summed E-state index contributed by atoms with van der Waals surface area (Å²) in [7, 11) is 0. The Hall–Kier alpha value is -1.51. The average Bonchev–Trinajstić information content (AvgIpc) is 2.15. The van der Waals surface area contributed by atoms with Crippen LogP contribution in [-0.4, -0.2) is 18.0 Å². The number of ether oxygens (including phenoxy) is 2. The summed E-state index contributed by atoms with van der Waals surface area (Å²) in [5, 5.41) is 0. The zero-order chi connectivity index (χ0) is 10.4. The number of aryl methyl sites for hydroxylation is 1. The minimum absolute atomic E-state index is 0.273. The molecule has 14 heavy (non-hydrogen) atoms. The zero-order valence-corrected chi connectivity index (χ0v) is 8.16. The molecule has 0 aliphatic rings. The van der Waals surface area contributed by atoms with E-state index in [0.717, 1.165) is 5.56 Å². The molecule has 0 saturated carbocycles. The van der Waals surface area contributed by atoms with Crippen LogP contribution in [0.1, 0.15) is 5.56 Å². The molecule has 0 amide bonds. The molecule has 0 unspecified atom stereocenters. The van der Waals surface area contributed by atoms with Gasteiger partial charge in [-0.2, -0.15) is 0 Å². The third-order valence-corrected chi connectivity index (χ3v) is 1.69. The molecule has 1 N–H and O–H groups in total. The molecule has 1 rings (SSSR count). The molecule has 0 fully saturated rings. The Morgan fingerprint density at radius 3 is 3.00 bits per heavy atom. The topological polar surface area (TPSA) is 22.0 Å². The van der Waals surface area contributed by atoms with Crippen molar-refractivity contribution in [3.63, 3.8) is 0 Å². The summed E-state index contributed by atoms with van der Waals surface area (Å²) in [4.78, 5) is 0. The van der Waals surface area contributed by atoms with E-state index >= 15 is 0 Å². The van der Waals surface area contributed by atoms with E-state index in [9.17, 15) is 4.39 Å². The van der Waals surface area contributed by atoms with Crippen molar-refractivity contribution < 1.29 is 13.9 Å². The second-order valence-electron chi connectivity index (χ2n) is 2.87. The molecule has 1 aromatic rings. The Balaban J connectivity index is 2.46. The van der Waals surface area contributed by atoms with E-state index in [1.54, 1.807) is 6.07 Å². The first kappa shape index (κ1) is 10.6. The maximum Gasteiger partial charge on any atom is 0.209 e. The van der Waals surface area contributed by atoms with Crippen molar-refractivity contribution in [2.45, 2.75) is 6.92 Å². The van der Waals surface area contributed by atoms with Crippen LogP contribution < -0.4 is 4.74 Å². The number of benzene rings is 1. The molecule has 2 nitrogen and oxygen atoms in total. The van der Waals surface area contributed by atoms with Crippen LogP contribution in [0.3, 0.4) is 0 Å². The Bertz CT molecular complexity index is 310. The molecule has 0 bridgehead atoms. The fraction of sp³-hybridized carbons (Fsp3) is 0.273. The van der Waals surface area contributed by atoms with Gasteiger partial charge >= 0.3 is 0 Å². The molecule has 0 spiro atoms. The molecule has 0 aliphatic carbocycles. The predicted molar refractivity (Wildman–Crippen MR) is 53.9 cm³/mol. The Kier molecular flexibility index (Phi) is 3.98. The highest BCUT2D eigenvalue weighted by Gasteiger charge is 2.02. The molecular weight excluding hydrogens is 183 g/mol. The maximum atomic E-state index is 13.2. The van der Waals surface area contributed by atoms with Gasteiger partial charge in [-0.05, 0) is 31.2 Å². The van der Waals surface area contributed by atoms with Crippen LogP contribution in [-0.2, 0) is 0 Å². The van der Waals surface area contributed by atoms with Gasteiger partial charge in [0, 0.05) is 0 Å². The Labute approximate surface area is 83.0 Å². The van der Waals surface area contributed by atoms with E-state index in [4.69, 9.17) is 4.74 Å². The van der Waals surface area contributed by atoms with Crippen LogP contribution in [0.4, 0.5) is 4.39 Å². The molecule has 76 valence electrons. The minimum atomic E-state index is -0.330. The summed E-state index contributed by atoms with van der Waals surface area (Å²) in [6.45, 7) is 6.14. The van der Waals surface area contributed by atoms with E-state index in [-0.39, 0.29) is 11.6 Å². The highest BCUT2D eigenvalue weighted by atomic mass is 19.1. The van der Waals surface area contributed by atoms with Crippen molar-refractivity contribution in [2.24, 2.45) is 0 Å². The summed E-state index contributed by atoms with van der Waals surface area (Å²) in [6.07, 6.45) is 1.45. The molecule has 0 aromatic heterocycles. The summed E-state index contributed by atoms with van der Waals surface area (Å²) in [6, 6.07) is 4.88. The Morgan fingerprint density at radius 1 is 1.57 bits per heavy atom. The van der Waals surface area contributed by atoms with Crippen LogP contribution in [0.15, 0.2) is 31.0 Å². The van der Waals surface area contributed by atoms with Crippen LogP contribution in [0.2, 0.25) is 0 Å². The monoisotopic (exact) mass is 197 g/mol. The molecule has 0 atom stereocenters.